The molecule has 0 fully saturated rings. The maximum Gasteiger partial charge on any atom is 0.530 e. The van der Waals surface area contributed by atoms with Gasteiger partial charge in [0.05, 0.1) is 0 Å². The summed E-state index contributed by atoms with van der Waals surface area (Å²) in [6.07, 6.45) is 0. The SMILES string of the molecule is C.Cc1ccc(OP(Oc2ccc(C)cc2C)Oc2c(C(C)C)cc(C)c(C)c2-c2c(C)c(C)cc(C(C)C)c2OP(Oc2ccc(C)cc2C)Oc2ccc(C)cc2C)c(C)c1. The molecule has 0 saturated heterocycles. The normalized spacial score (nSPS) is 11.3. The molecule has 0 atom stereocenters. The molecule has 0 N–H and O–H groups in total. The fraction of sp³-hybridized carbons (Fsp3) is 0.345. The third-order valence-electron chi connectivity index (χ3n) is 11.5. The van der Waals surface area contributed by atoms with Gasteiger partial charge in [0.2, 0.25) is 0 Å². The molecule has 8 heteroatoms. The van der Waals surface area contributed by atoms with E-state index in [0.29, 0.717) is 34.5 Å². The van der Waals surface area contributed by atoms with Crippen LogP contribution in [0.4, 0.5) is 0 Å². The van der Waals surface area contributed by atoms with Crippen LogP contribution in [0.2, 0.25) is 0 Å². The smallest absolute Gasteiger partial charge is 0.408 e. The van der Waals surface area contributed by atoms with Gasteiger partial charge in [-0.25, -0.2) is 0 Å². The van der Waals surface area contributed by atoms with Crippen molar-refractivity contribution in [2.45, 2.75) is 130 Å². The van der Waals surface area contributed by atoms with Crippen LogP contribution in [-0.4, -0.2) is 0 Å². The molecule has 0 heterocycles. The van der Waals surface area contributed by atoms with Crippen LogP contribution in [0.1, 0.15) is 125 Å². The Morgan fingerprint density at radius 2 is 0.587 bits per heavy atom. The highest BCUT2D eigenvalue weighted by molar-refractivity contribution is 7.43. The minimum Gasteiger partial charge on any atom is -0.408 e. The molecule has 0 radical (unpaired) electrons. The van der Waals surface area contributed by atoms with Gasteiger partial charge in [0.1, 0.15) is 34.5 Å². The topological polar surface area (TPSA) is 55.4 Å². The Morgan fingerprint density at radius 1 is 0.333 bits per heavy atom. The summed E-state index contributed by atoms with van der Waals surface area (Å²) in [7, 11) is -4.08. The fourth-order valence-corrected chi connectivity index (χ4v) is 10.1. The van der Waals surface area contributed by atoms with Gasteiger partial charge >= 0.3 is 17.2 Å². The first-order valence-corrected chi connectivity index (χ1v) is 23.8. The van der Waals surface area contributed by atoms with Gasteiger partial charge in [-0.05, 0) is 175 Å². The van der Waals surface area contributed by atoms with Crippen LogP contribution in [0, 0.1) is 83.1 Å². The summed E-state index contributed by atoms with van der Waals surface area (Å²) in [6, 6.07) is 29.2. The predicted octanol–water partition coefficient (Wildman–Crippen LogP) is 17.5. The van der Waals surface area contributed by atoms with Crippen LogP contribution in [0.25, 0.3) is 11.1 Å². The number of rotatable bonds is 15. The van der Waals surface area contributed by atoms with E-state index in [-0.39, 0.29) is 19.3 Å². The minimum absolute atomic E-state index is 0. The summed E-state index contributed by atoms with van der Waals surface area (Å²) < 4.78 is 41.9. The van der Waals surface area contributed by atoms with Gasteiger partial charge in [-0.15, -0.1) is 0 Å². The fourth-order valence-electron chi connectivity index (χ4n) is 7.68. The van der Waals surface area contributed by atoms with Gasteiger partial charge < -0.3 is 27.1 Å². The molecule has 0 unspecified atom stereocenters. The Balaban J connectivity index is 0.00000748. The molecule has 0 amide bonds. The van der Waals surface area contributed by atoms with Crippen molar-refractivity contribution in [3.63, 3.8) is 0 Å². The summed E-state index contributed by atoms with van der Waals surface area (Å²) >= 11 is 0. The molecular weight excluding hydrogens is 819 g/mol. The molecule has 0 aliphatic heterocycles. The molecule has 0 bridgehead atoms. The molecule has 0 spiro atoms. The molecule has 0 aliphatic carbocycles. The molecule has 0 saturated carbocycles. The maximum atomic E-state index is 7.31. The zero-order valence-corrected chi connectivity index (χ0v) is 41.4. The first-order chi connectivity index (χ1) is 29.3. The van der Waals surface area contributed by atoms with E-state index in [0.717, 1.165) is 89.0 Å². The highest BCUT2D eigenvalue weighted by Gasteiger charge is 2.33. The monoisotopic (exact) mass is 886 g/mol. The van der Waals surface area contributed by atoms with E-state index in [1.54, 1.807) is 0 Å². The maximum absolute atomic E-state index is 7.31. The lowest BCUT2D eigenvalue weighted by Crippen LogP contribution is -2.11. The lowest BCUT2D eigenvalue weighted by molar-refractivity contribution is 0.380. The Kier molecular flexibility index (Phi) is 16.1. The molecule has 6 aromatic carbocycles. The summed E-state index contributed by atoms with van der Waals surface area (Å²) in [5, 5.41) is 0. The van der Waals surface area contributed by atoms with E-state index < -0.39 is 17.2 Å². The van der Waals surface area contributed by atoms with E-state index in [4.69, 9.17) is 27.1 Å². The molecule has 6 rings (SSSR count). The largest absolute Gasteiger partial charge is 0.530 e. The van der Waals surface area contributed by atoms with Crippen molar-refractivity contribution in [3.8, 4) is 45.6 Å². The lowest BCUT2D eigenvalue weighted by Gasteiger charge is -2.29. The first kappa shape index (κ1) is 49.0. The van der Waals surface area contributed by atoms with Crippen LogP contribution >= 0.6 is 17.2 Å². The van der Waals surface area contributed by atoms with Crippen molar-refractivity contribution < 1.29 is 27.1 Å². The number of hydrogen-bond acceptors (Lipinski definition) is 6. The zero-order chi connectivity index (χ0) is 45.2. The second-order valence-electron chi connectivity index (χ2n) is 17.6. The minimum atomic E-state index is -2.04. The Labute approximate surface area is 381 Å². The number of aryl methyl sites for hydroxylation is 10. The van der Waals surface area contributed by atoms with E-state index in [9.17, 15) is 0 Å². The van der Waals surface area contributed by atoms with Crippen molar-refractivity contribution in [2.75, 3.05) is 0 Å². The van der Waals surface area contributed by atoms with Gasteiger partial charge in [0.15, 0.2) is 0 Å². The number of hydrogen-bond donors (Lipinski definition) is 0. The van der Waals surface area contributed by atoms with E-state index in [1.807, 2.05) is 24.3 Å². The second-order valence-corrected chi connectivity index (χ2v) is 19.6. The van der Waals surface area contributed by atoms with Crippen molar-refractivity contribution in [1.29, 1.82) is 0 Å². The molecule has 63 heavy (non-hydrogen) atoms. The summed E-state index contributed by atoms with van der Waals surface area (Å²) in [6.45, 7) is 34.0. The van der Waals surface area contributed by atoms with Crippen LogP contribution in [0.15, 0.2) is 84.9 Å². The standard InChI is InChI=1S/C54H64O6P2.CH4/c1-31(2)45-29-37(9)43(15)51(53(45)59-61(55-47-21-17-33(5)25-39(47)11)56-48-22-18-34(6)26-40(48)12)52-44(16)38(10)30-46(32(3)4)54(52)60-62(57-49-23-19-35(7)27-41(49)13)58-50-24-20-36(8)28-42(50)14;/h17-32H,1-16H3;1H4. The molecule has 6 aromatic rings. The molecule has 334 valence electrons. The average Bonchev–Trinajstić information content (AvgIpc) is 3.19. The van der Waals surface area contributed by atoms with Crippen LogP contribution in [-0.2, 0) is 0 Å². The summed E-state index contributed by atoms with van der Waals surface area (Å²) in [4.78, 5) is 0. The van der Waals surface area contributed by atoms with Crippen LogP contribution in [0.5, 0.6) is 34.5 Å². The second kappa shape index (κ2) is 20.7. The zero-order valence-electron chi connectivity index (χ0n) is 39.6. The van der Waals surface area contributed by atoms with Crippen molar-refractivity contribution >= 4 is 17.2 Å². The van der Waals surface area contributed by atoms with E-state index in [2.05, 4.69) is 171 Å². The summed E-state index contributed by atoms with van der Waals surface area (Å²) in [5.41, 5.74) is 17.0. The van der Waals surface area contributed by atoms with Crippen LogP contribution < -0.4 is 27.1 Å². The first-order valence-electron chi connectivity index (χ1n) is 21.6. The molecular formula is C55H68O6P2. The Morgan fingerprint density at radius 3 is 0.810 bits per heavy atom. The third-order valence-corrected chi connectivity index (χ3v) is 13.5. The Hall–Kier alpha value is -5.02. The quantitative estimate of drug-likeness (QED) is 0.0958. The summed E-state index contributed by atoms with van der Waals surface area (Å²) in [5.74, 6) is 4.42. The van der Waals surface area contributed by atoms with Gasteiger partial charge in [0, 0.05) is 11.1 Å². The number of benzene rings is 6. The third kappa shape index (κ3) is 11.4. The van der Waals surface area contributed by atoms with E-state index in [1.165, 1.54) is 0 Å². The van der Waals surface area contributed by atoms with Crippen LogP contribution in [0.3, 0.4) is 0 Å². The lowest BCUT2D eigenvalue weighted by atomic mass is 9.84. The predicted molar refractivity (Wildman–Crippen MR) is 267 cm³/mol. The van der Waals surface area contributed by atoms with Gasteiger partial charge in [-0.2, -0.15) is 0 Å². The van der Waals surface area contributed by atoms with Crippen molar-refractivity contribution in [2.24, 2.45) is 0 Å². The highest BCUT2D eigenvalue weighted by atomic mass is 31.2. The molecule has 6 nitrogen and oxygen atoms in total. The Bertz CT molecular complexity index is 2310. The van der Waals surface area contributed by atoms with E-state index >= 15 is 0 Å². The average molecular weight is 887 g/mol. The van der Waals surface area contributed by atoms with Gasteiger partial charge in [-0.3, -0.25) is 0 Å². The highest BCUT2D eigenvalue weighted by Crippen LogP contribution is 2.56. The van der Waals surface area contributed by atoms with Gasteiger partial charge in [-0.1, -0.05) is 118 Å². The molecule has 0 aromatic heterocycles. The van der Waals surface area contributed by atoms with Crippen molar-refractivity contribution in [3.05, 3.63) is 163 Å². The van der Waals surface area contributed by atoms with Gasteiger partial charge in [0.25, 0.3) is 0 Å². The molecule has 0 aliphatic rings. The van der Waals surface area contributed by atoms with Crippen molar-refractivity contribution in [1.82, 2.24) is 0 Å².